The van der Waals surface area contributed by atoms with Crippen molar-refractivity contribution in [3.63, 3.8) is 0 Å². The zero-order valence-electron chi connectivity index (χ0n) is 48.9. The van der Waals surface area contributed by atoms with E-state index in [1.807, 2.05) is 43.5 Å². The zero-order valence-corrected chi connectivity index (χ0v) is 41.1. The Morgan fingerprint density at radius 1 is 0.647 bits per heavy atom. The third-order valence-corrected chi connectivity index (χ3v) is 14.7. The van der Waals surface area contributed by atoms with Crippen LogP contribution in [0.4, 0.5) is 0 Å². The van der Waals surface area contributed by atoms with Gasteiger partial charge in [0.25, 0.3) is 0 Å². The van der Waals surface area contributed by atoms with Gasteiger partial charge in [0, 0.05) is 43.0 Å². The van der Waals surface area contributed by atoms with Gasteiger partial charge in [-0.15, -0.1) is 11.6 Å². The van der Waals surface area contributed by atoms with E-state index >= 15 is 0 Å². The Morgan fingerprint density at radius 2 is 1.43 bits per heavy atom. The number of hydrogen-bond donors (Lipinski definition) is 0. The molecule has 10 aromatic rings. The molecule has 7 aromatic carbocycles. The molecule has 5 heteroatoms. The summed E-state index contributed by atoms with van der Waals surface area (Å²) < 4.78 is 99.6. The molecule has 0 saturated heterocycles. The first-order valence-corrected chi connectivity index (χ1v) is 22.9. The first-order valence-electron chi connectivity index (χ1n) is 27.9. The van der Waals surface area contributed by atoms with Crippen LogP contribution in [0.1, 0.15) is 99.9 Å². The summed E-state index contributed by atoms with van der Waals surface area (Å²) >= 11 is 0. The fourth-order valence-electron chi connectivity index (χ4n) is 9.91. The van der Waals surface area contributed by atoms with Crippen LogP contribution in [0.2, 0.25) is 0 Å². The summed E-state index contributed by atoms with van der Waals surface area (Å²) in [4.78, 5) is 9.45. The van der Waals surface area contributed by atoms with Crippen LogP contribution in [-0.2, 0) is 21.1 Å². The summed E-state index contributed by atoms with van der Waals surface area (Å²) in [5.74, 6) is -0.806. The molecule has 3 heterocycles. The van der Waals surface area contributed by atoms with Gasteiger partial charge in [-0.1, -0.05) is 177 Å². The van der Waals surface area contributed by atoms with Crippen molar-refractivity contribution in [1.82, 2.24) is 9.97 Å². The molecule has 1 fully saturated rings. The van der Waals surface area contributed by atoms with E-state index in [9.17, 15) is 1.37 Å². The van der Waals surface area contributed by atoms with Crippen LogP contribution >= 0.6 is 0 Å². The maximum Gasteiger partial charge on any atom is 2.00 e. The van der Waals surface area contributed by atoms with Gasteiger partial charge in [0.1, 0.15) is 5.58 Å². The van der Waals surface area contributed by atoms with Gasteiger partial charge in [-0.05, 0) is 148 Å². The second kappa shape index (κ2) is 17.3. The topological polar surface area (TPSA) is 48.2 Å². The Balaban J connectivity index is 0.00000688. The number of benzene rings is 7. The monoisotopic (exact) mass is 1080 g/mol. The largest absolute Gasteiger partial charge is 2.00 e. The van der Waals surface area contributed by atoms with Gasteiger partial charge < -0.3 is 19.1 Å². The fourth-order valence-corrected chi connectivity index (χ4v) is 9.91. The van der Waals surface area contributed by atoms with Crippen LogP contribution in [-0.4, -0.2) is 9.97 Å². The molecule has 0 spiro atoms. The minimum Gasteiger partial charge on any atom is -0.501 e. The van der Waals surface area contributed by atoms with E-state index in [-0.39, 0.29) is 65.8 Å². The molecule has 0 aliphatic heterocycles. The van der Waals surface area contributed by atoms with E-state index in [0.717, 1.165) is 80.2 Å². The maximum absolute atomic E-state index is 9.77. The molecule has 68 heavy (non-hydrogen) atoms. The van der Waals surface area contributed by atoms with Gasteiger partial charge in [0.15, 0.2) is 0 Å². The molecule has 1 saturated carbocycles. The Kier molecular flexibility index (Phi) is 8.88. The summed E-state index contributed by atoms with van der Waals surface area (Å²) in [5.41, 5.74) is 7.03. The van der Waals surface area contributed by atoms with Crippen molar-refractivity contribution < 1.29 is 43.9 Å². The summed E-state index contributed by atoms with van der Waals surface area (Å²) in [6.45, 7) is 4.91. The van der Waals surface area contributed by atoms with Crippen LogP contribution in [0.5, 0.6) is 11.5 Å². The van der Waals surface area contributed by atoms with Crippen molar-refractivity contribution in [2.75, 3.05) is 0 Å². The van der Waals surface area contributed by atoms with Crippen LogP contribution < -0.4 is 4.74 Å². The van der Waals surface area contributed by atoms with Crippen LogP contribution in [0.3, 0.4) is 0 Å². The number of pyridine rings is 2. The fraction of sp³-hybridized carbons (Fsp3) is 0.238. The normalized spacial score (nSPS) is 19.3. The number of nitrogens with zero attached hydrogens (tertiary/aromatic N) is 2. The minimum atomic E-state index is -2.82. The van der Waals surface area contributed by atoms with Crippen LogP contribution in [0.15, 0.2) is 138 Å². The first kappa shape index (κ1) is 34.9. The molecule has 0 amide bonds. The summed E-state index contributed by atoms with van der Waals surface area (Å²) in [7, 11) is 0. The SMILES string of the molecule is [2H]C([2H])([2H])c1cnc(-c2[c-]c(Oc3[c-]c(-c4cc(-c5ccc(C6([2H])CCC(C)(C)C(C)(C)C6)cc5C)c(C)cn4)c4oc5cc6c(ccc7ccccc76)cc5c4c3)c(C([2H])([2H])[2H])c(-c3ccccc3)c2)cc1C([2H])([2H])[2H].[Pt+2]. The molecule has 11 rings (SSSR count). The molecule has 0 radical (unpaired) electrons. The molecule has 0 bridgehead atoms. The van der Waals surface area contributed by atoms with E-state index in [1.165, 1.54) is 6.07 Å². The molecule has 0 N–H and O–H groups in total. The number of fused-ring (bicyclic) bond motifs is 6. The predicted octanol–water partition coefficient (Wildman–Crippen LogP) is 17.6. The number of ether oxygens (including phenoxy) is 1. The quantitative estimate of drug-likeness (QED) is 0.118. The Labute approximate surface area is 429 Å². The van der Waals surface area contributed by atoms with Gasteiger partial charge in [0.2, 0.25) is 0 Å². The number of furan rings is 1. The van der Waals surface area contributed by atoms with E-state index in [2.05, 4.69) is 100 Å². The molecular weight excluding hydrogens is 1010 g/mol. The van der Waals surface area contributed by atoms with Crippen LogP contribution in [0.25, 0.3) is 88.3 Å². The second-order valence-electron chi connectivity index (χ2n) is 19.6. The second-order valence-corrected chi connectivity index (χ2v) is 19.6. The van der Waals surface area contributed by atoms with E-state index in [1.54, 1.807) is 36.4 Å². The van der Waals surface area contributed by atoms with Crippen LogP contribution in [0, 0.1) is 57.4 Å². The van der Waals surface area contributed by atoms with Gasteiger partial charge in [-0.2, -0.15) is 0 Å². The Bertz CT molecular complexity index is 4010. The molecule has 1 unspecified atom stereocenters. The maximum atomic E-state index is 9.77. The number of hydrogen-bond acceptors (Lipinski definition) is 4. The molecule has 1 aliphatic rings. The summed E-state index contributed by atoms with van der Waals surface area (Å²) in [6, 6.07) is 44.9. The van der Waals surface area contributed by atoms with Gasteiger partial charge in [-0.3, -0.25) is 0 Å². The Hall–Kier alpha value is -6.35. The zero-order chi connectivity index (χ0) is 54.8. The third kappa shape index (κ3) is 7.95. The van der Waals surface area contributed by atoms with Gasteiger partial charge in [0.05, 0.1) is 5.58 Å². The van der Waals surface area contributed by atoms with Crippen molar-refractivity contribution in [3.8, 4) is 56.3 Å². The first-order chi connectivity index (χ1) is 36.2. The average Bonchev–Trinajstić information content (AvgIpc) is 3.95. The van der Waals surface area contributed by atoms with Gasteiger partial charge >= 0.3 is 21.1 Å². The molecule has 4 nitrogen and oxygen atoms in total. The van der Waals surface area contributed by atoms with Gasteiger partial charge in [-0.25, -0.2) is 0 Å². The molecular formula is C63H56N2O2Pt. The van der Waals surface area contributed by atoms with Crippen molar-refractivity contribution in [2.45, 2.75) is 87.3 Å². The van der Waals surface area contributed by atoms with Crippen molar-refractivity contribution in [1.29, 1.82) is 0 Å². The third-order valence-electron chi connectivity index (χ3n) is 14.7. The molecule has 3 aromatic heterocycles. The predicted molar refractivity (Wildman–Crippen MR) is 278 cm³/mol. The smallest absolute Gasteiger partial charge is 0.501 e. The van der Waals surface area contributed by atoms with Crippen molar-refractivity contribution in [2.24, 2.45) is 10.8 Å². The van der Waals surface area contributed by atoms with E-state index < -0.39 is 37.6 Å². The average molecular weight is 1080 g/mol. The minimum absolute atomic E-state index is 0. The molecule has 340 valence electrons. The van der Waals surface area contributed by atoms with Crippen molar-refractivity contribution >= 4 is 43.5 Å². The molecule has 1 aliphatic carbocycles. The number of rotatable bonds is 7. The molecule has 1 atom stereocenters. The summed E-state index contributed by atoms with van der Waals surface area (Å²) in [6.07, 6.45) is 5.34. The van der Waals surface area contributed by atoms with Crippen molar-refractivity contribution in [3.05, 3.63) is 179 Å². The number of aryl methyl sites for hydroxylation is 4. The van der Waals surface area contributed by atoms with E-state index in [0.29, 0.717) is 33.4 Å². The van der Waals surface area contributed by atoms with E-state index in [4.69, 9.17) is 26.5 Å². The Morgan fingerprint density at radius 3 is 2.22 bits per heavy atom. The summed E-state index contributed by atoms with van der Waals surface area (Å²) in [5, 5.41) is 5.56. The number of aromatic nitrogens is 2. The standard InChI is InChI=1S/C63H56N2O2.Pt/c1-37-26-57(64-35-39(37)3)47-28-52(42-15-11-10-12-16-42)41(5)59(29-47)66-48-30-55-54-27-45-20-19-43-17-13-14-18-50(43)53(45)33-60(54)67-61(55)56(31-48)58-32-51(40(4)36-65-58)49-22-21-44(25-38(49)2)46-23-24-62(6,7)63(8,9)34-46;/h10-22,25-28,30,32-33,35-36,46H,23-24,34H2,1-9H3;/q-2;+2/i1D3,3D3,5D3,46D;.